The summed E-state index contributed by atoms with van der Waals surface area (Å²) in [7, 11) is 0. The molecule has 24 heavy (non-hydrogen) atoms. The molecule has 1 N–H and O–H groups in total. The zero-order valence-corrected chi connectivity index (χ0v) is 13.3. The first-order valence-corrected chi connectivity index (χ1v) is 7.73. The second kappa shape index (κ2) is 9.47. The van der Waals surface area contributed by atoms with Crippen LogP contribution in [0.3, 0.4) is 0 Å². The van der Waals surface area contributed by atoms with Crippen molar-refractivity contribution in [2.24, 2.45) is 0 Å². The van der Waals surface area contributed by atoms with Crippen molar-refractivity contribution in [2.75, 3.05) is 0 Å². The van der Waals surface area contributed by atoms with Gasteiger partial charge in [0.2, 0.25) is 0 Å². The van der Waals surface area contributed by atoms with E-state index in [1.54, 1.807) is 0 Å². The van der Waals surface area contributed by atoms with Gasteiger partial charge in [-0.3, -0.25) is 4.79 Å². The van der Waals surface area contributed by atoms with E-state index < -0.39 is 18.0 Å². The molecule has 0 amide bonds. The second-order valence-corrected chi connectivity index (χ2v) is 5.29. The third kappa shape index (κ3) is 6.22. The molecule has 0 unspecified atom stereocenters. The van der Waals surface area contributed by atoms with Crippen LogP contribution in [0.4, 0.5) is 0 Å². The molecule has 0 saturated carbocycles. The second-order valence-electron chi connectivity index (χ2n) is 5.29. The summed E-state index contributed by atoms with van der Waals surface area (Å²) in [5.74, 6) is -1.21. The summed E-state index contributed by atoms with van der Waals surface area (Å²) in [5.41, 5.74) is 1.72. The van der Waals surface area contributed by atoms with Gasteiger partial charge in [-0.25, -0.2) is 4.79 Å². The average Bonchev–Trinajstić information content (AvgIpc) is 2.64. The number of esters is 2. The number of aliphatic hydroxyl groups is 1. The van der Waals surface area contributed by atoms with E-state index in [1.807, 2.05) is 60.7 Å². The molecule has 5 nitrogen and oxygen atoms in total. The van der Waals surface area contributed by atoms with Crippen molar-refractivity contribution in [3.63, 3.8) is 0 Å². The molecule has 0 aliphatic heterocycles. The lowest BCUT2D eigenvalue weighted by Crippen LogP contribution is -2.24. The van der Waals surface area contributed by atoms with E-state index in [4.69, 9.17) is 9.47 Å². The number of benzene rings is 2. The van der Waals surface area contributed by atoms with Gasteiger partial charge < -0.3 is 14.6 Å². The lowest BCUT2D eigenvalue weighted by Gasteiger charge is -2.10. The highest BCUT2D eigenvalue weighted by Crippen LogP contribution is 2.07. The van der Waals surface area contributed by atoms with Gasteiger partial charge in [0, 0.05) is 6.42 Å². The van der Waals surface area contributed by atoms with E-state index in [9.17, 15) is 14.7 Å². The van der Waals surface area contributed by atoms with Crippen molar-refractivity contribution in [1.82, 2.24) is 0 Å². The van der Waals surface area contributed by atoms with Crippen LogP contribution in [0.15, 0.2) is 60.7 Å². The number of hydrogen-bond donors (Lipinski definition) is 1. The molecular formula is C19H20O5. The van der Waals surface area contributed by atoms with Crippen molar-refractivity contribution in [2.45, 2.75) is 32.2 Å². The first-order valence-electron chi connectivity index (χ1n) is 7.73. The van der Waals surface area contributed by atoms with Crippen LogP contribution in [0.25, 0.3) is 0 Å². The van der Waals surface area contributed by atoms with E-state index >= 15 is 0 Å². The maximum atomic E-state index is 11.7. The predicted octanol–water partition coefficient (Wildman–Crippen LogP) is 2.61. The van der Waals surface area contributed by atoms with Crippen molar-refractivity contribution in [1.29, 1.82) is 0 Å². The minimum absolute atomic E-state index is 0.0265. The summed E-state index contributed by atoms with van der Waals surface area (Å²) in [6.07, 6.45) is -1.41. The SMILES string of the molecule is O=C(CC[C@@H](O)C(=O)OCc1ccccc1)OCc1ccccc1. The monoisotopic (exact) mass is 328 g/mol. The minimum Gasteiger partial charge on any atom is -0.461 e. The summed E-state index contributed by atoms with van der Waals surface area (Å²) < 4.78 is 10.1. The maximum absolute atomic E-state index is 11.7. The van der Waals surface area contributed by atoms with Crippen molar-refractivity contribution >= 4 is 11.9 Å². The lowest BCUT2D eigenvalue weighted by molar-refractivity contribution is -0.156. The molecule has 2 rings (SSSR count). The van der Waals surface area contributed by atoms with Crippen molar-refractivity contribution < 1.29 is 24.2 Å². The van der Waals surface area contributed by atoms with E-state index in [1.165, 1.54) is 0 Å². The highest BCUT2D eigenvalue weighted by atomic mass is 16.5. The maximum Gasteiger partial charge on any atom is 0.335 e. The first-order chi connectivity index (χ1) is 11.6. The number of carbonyl (C=O) groups excluding carboxylic acids is 2. The van der Waals surface area contributed by atoms with Gasteiger partial charge >= 0.3 is 11.9 Å². The van der Waals surface area contributed by atoms with Gasteiger partial charge in [-0.05, 0) is 17.5 Å². The Labute approximate surface area is 140 Å². The molecule has 0 radical (unpaired) electrons. The first kappa shape index (κ1) is 17.7. The molecule has 1 atom stereocenters. The molecule has 5 heteroatoms. The molecule has 2 aromatic carbocycles. The fourth-order valence-electron chi connectivity index (χ4n) is 2.01. The van der Waals surface area contributed by atoms with Crippen LogP contribution in [0.5, 0.6) is 0 Å². The van der Waals surface area contributed by atoms with E-state index in [0.717, 1.165) is 11.1 Å². The van der Waals surface area contributed by atoms with Crippen molar-refractivity contribution in [3.05, 3.63) is 71.8 Å². The molecule has 0 saturated heterocycles. The number of hydrogen-bond acceptors (Lipinski definition) is 5. The molecule has 2 aromatic rings. The summed E-state index contributed by atoms with van der Waals surface area (Å²) in [4.78, 5) is 23.3. The Kier molecular flexibility index (Phi) is 6.98. The Balaban J connectivity index is 1.65. The zero-order chi connectivity index (χ0) is 17.2. The van der Waals surface area contributed by atoms with Gasteiger partial charge in [-0.15, -0.1) is 0 Å². The van der Waals surface area contributed by atoms with Gasteiger partial charge in [0.05, 0.1) is 0 Å². The fourth-order valence-corrected chi connectivity index (χ4v) is 2.01. The molecule has 0 aliphatic carbocycles. The lowest BCUT2D eigenvalue weighted by atomic mass is 10.2. The van der Waals surface area contributed by atoms with Gasteiger partial charge in [0.1, 0.15) is 13.2 Å². The summed E-state index contributed by atoms with van der Waals surface area (Å²) in [6, 6.07) is 18.5. The quantitative estimate of drug-likeness (QED) is 0.754. The third-order valence-corrected chi connectivity index (χ3v) is 3.36. The highest BCUT2D eigenvalue weighted by molar-refractivity contribution is 5.76. The molecule has 0 heterocycles. The third-order valence-electron chi connectivity index (χ3n) is 3.36. The van der Waals surface area contributed by atoms with Crippen LogP contribution >= 0.6 is 0 Å². The van der Waals surface area contributed by atoms with Crippen LogP contribution in [0, 0.1) is 0 Å². The van der Waals surface area contributed by atoms with Gasteiger partial charge in [0.25, 0.3) is 0 Å². The number of rotatable bonds is 8. The van der Waals surface area contributed by atoms with Crippen LogP contribution in [-0.2, 0) is 32.3 Å². The summed E-state index contributed by atoms with van der Waals surface area (Å²) >= 11 is 0. The minimum atomic E-state index is -1.34. The Hall–Kier alpha value is -2.66. The Morgan fingerprint density at radius 1 is 0.833 bits per heavy atom. The molecule has 0 aromatic heterocycles. The summed E-state index contributed by atoms with van der Waals surface area (Å²) in [5, 5.41) is 9.75. The standard InChI is InChI=1S/C19H20O5/c20-17(19(22)24-14-16-9-5-2-6-10-16)11-12-18(21)23-13-15-7-3-1-4-8-15/h1-10,17,20H,11-14H2/t17-/m1/s1. The normalized spacial score (nSPS) is 11.5. The van der Waals surface area contributed by atoms with Crippen LogP contribution in [-0.4, -0.2) is 23.1 Å². The fraction of sp³-hybridized carbons (Fsp3) is 0.263. The highest BCUT2D eigenvalue weighted by Gasteiger charge is 2.18. The van der Waals surface area contributed by atoms with E-state index in [2.05, 4.69) is 0 Å². The smallest absolute Gasteiger partial charge is 0.335 e. The number of aliphatic hydroxyl groups excluding tert-OH is 1. The molecule has 0 spiro atoms. The van der Waals surface area contributed by atoms with Crippen LogP contribution in [0.1, 0.15) is 24.0 Å². The van der Waals surface area contributed by atoms with Gasteiger partial charge in [-0.1, -0.05) is 60.7 Å². The predicted molar refractivity (Wildman–Crippen MR) is 87.7 cm³/mol. The number of carbonyl (C=O) groups is 2. The van der Waals surface area contributed by atoms with Gasteiger partial charge in [0.15, 0.2) is 6.10 Å². The molecule has 0 aliphatic rings. The molecule has 0 bridgehead atoms. The topological polar surface area (TPSA) is 72.8 Å². The largest absolute Gasteiger partial charge is 0.461 e. The Morgan fingerprint density at radius 2 is 1.33 bits per heavy atom. The van der Waals surface area contributed by atoms with Crippen LogP contribution < -0.4 is 0 Å². The van der Waals surface area contributed by atoms with E-state index in [-0.39, 0.29) is 26.1 Å². The Bertz CT molecular complexity index is 639. The van der Waals surface area contributed by atoms with Crippen LogP contribution in [0.2, 0.25) is 0 Å². The van der Waals surface area contributed by atoms with Gasteiger partial charge in [-0.2, -0.15) is 0 Å². The molecular weight excluding hydrogens is 308 g/mol. The molecule has 126 valence electrons. The number of ether oxygens (including phenoxy) is 2. The summed E-state index contributed by atoms with van der Waals surface area (Å²) in [6.45, 7) is 0.267. The van der Waals surface area contributed by atoms with E-state index in [0.29, 0.717) is 0 Å². The Morgan fingerprint density at radius 3 is 1.88 bits per heavy atom. The zero-order valence-electron chi connectivity index (χ0n) is 13.3. The average molecular weight is 328 g/mol. The molecule has 0 fully saturated rings. The van der Waals surface area contributed by atoms with Crippen molar-refractivity contribution in [3.8, 4) is 0 Å².